The minimum atomic E-state index is -0.0668. The fourth-order valence-electron chi connectivity index (χ4n) is 1.07. The predicted molar refractivity (Wildman–Crippen MR) is 61.1 cm³/mol. The molecule has 1 N–H and O–H groups in total. The molecule has 0 fully saturated rings. The lowest BCUT2D eigenvalue weighted by Crippen LogP contribution is -1.88. The van der Waals surface area contributed by atoms with E-state index in [1.165, 1.54) is 29.6 Å². The molecule has 1 aromatic heterocycles. The van der Waals surface area contributed by atoms with Gasteiger partial charge in [0.25, 0.3) is 0 Å². The van der Waals surface area contributed by atoms with E-state index in [-0.39, 0.29) is 10.8 Å². The van der Waals surface area contributed by atoms with Gasteiger partial charge in [-0.15, -0.1) is 10.2 Å². The van der Waals surface area contributed by atoms with Gasteiger partial charge >= 0.3 is 0 Å². The minimum absolute atomic E-state index is 0.0668. The van der Waals surface area contributed by atoms with Crippen LogP contribution < -0.4 is 0 Å². The van der Waals surface area contributed by atoms with Gasteiger partial charge in [0.2, 0.25) is 0 Å². The van der Waals surface area contributed by atoms with E-state index in [4.69, 9.17) is 23.2 Å². The molecule has 1 aromatic carbocycles. The Balaban J connectivity index is 2.34. The first-order chi connectivity index (χ1) is 7.66. The number of aromatic nitrogens is 3. The van der Waals surface area contributed by atoms with Gasteiger partial charge in [-0.25, -0.2) is 4.68 Å². The Kier molecular flexibility index (Phi) is 3.07. The molecule has 0 radical (unpaired) electrons. The molecular formula is C9H6Cl2N4O. The number of nitrogens with zero attached hydrogens (tertiary/aromatic N) is 4. The van der Waals surface area contributed by atoms with Crippen LogP contribution in [-0.4, -0.2) is 26.2 Å². The average Bonchev–Trinajstić information content (AvgIpc) is 2.74. The van der Waals surface area contributed by atoms with Crippen LogP contribution in [0.25, 0.3) is 0 Å². The molecule has 16 heavy (non-hydrogen) atoms. The summed E-state index contributed by atoms with van der Waals surface area (Å²) in [5.74, 6) is -0.0668. The number of rotatable bonds is 2. The summed E-state index contributed by atoms with van der Waals surface area (Å²) in [6.45, 7) is 0. The molecule has 0 aliphatic rings. The summed E-state index contributed by atoms with van der Waals surface area (Å²) in [4.78, 5) is 0. The molecule has 2 rings (SSSR count). The van der Waals surface area contributed by atoms with Crippen molar-refractivity contribution in [3.05, 3.63) is 40.4 Å². The zero-order valence-corrected chi connectivity index (χ0v) is 9.39. The van der Waals surface area contributed by atoms with Crippen molar-refractivity contribution in [3.63, 3.8) is 0 Å². The van der Waals surface area contributed by atoms with Crippen LogP contribution in [0.4, 0.5) is 0 Å². The van der Waals surface area contributed by atoms with Crippen molar-refractivity contribution in [2.75, 3.05) is 0 Å². The van der Waals surface area contributed by atoms with Gasteiger partial charge in [-0.05, 0) is 12.1 Å². The second-order valence-corrected chi connectivity index (χ2v) is 3.76. The van der Waals surface area contributed by atoms with Gasteiger partial charge in [-0.1, -0.05) is 23.2 Å². The van der Waals surface area contributed by atoms with E-state index in [0.717, 1.165) is 0 Å². The molecule has 1 heterocycles. The van der Waals surface area contributed by atoms with Crippen molar-refractivity contribution in [2.24, 2.45) is 5.10 Å². The van der Waals surface area contributed by atoms with E-state index >= 15 is 0 Å². The van der Waals surface area contributed by atoms with Gasteiger partial charge in [0.05, 0.1) is 11.2 Å². The molecule has 82 valence electrons. The van der Waals surface area contributed by atoms with Gasteiger partial charge in [0, 0.05) is 10.6 Å². The molecule has 0 saturated carbocycles. The van der Waals surface area contributed by atoms with E-state index < -0.39 is 0 Å². The molecule has 0 aliphatic heterocycles. The van der Waals surface area contributed by atoms with Crippen LogP contribution in [0.3, 0.4) is 0 Å². The number of phenols is 1. The van der Waals surface area contributed by atoms with Crippen molar-refractivity contribution in [2.45, 2.75) is 0 Å². The molecule has 0 amide bonds. The Morgan fingerprint density at radius 3 is 2.62 bits per heavy atom. The lowest BCUT2D eigenvalue weighted by molar-refractivity contribution is 0.474. The van der Waals surface area contributed by atoms with Crippen LogP contribution in [0.1, 0.15) is 5.56 Å². The van der Waals surface area contributed by atoms with Crippen LogP contribution in [0, 0.1) is 0 Å². The van der Waals surface area contributed by atoms with Crippen LogP contribution in [0.15, 0.2) is 29.9 Å². The van der Waals surface area contributed by atoms with E-state index in [0.29, 0.717) is 10.6 Å². The van der Waals surface area contributed by atoms with Crippen LogP contribution in [-0.2, 0) is 0 Å². The van der Waals surface area contributed by atoms with Gasteiger partial charge in [-0.2, -0.15) is 5.10 Å². The summed E-state index contributed by atoms with van der Waals surface area (Å²) >= 11 is 11.5. The number of benzene rings is 1. The summed E-state index contributed by atoms with van der Waals surface area (Å²) in [7, 11) is 0. The molecule has 0 saturated heterocycles. The summed E-state index contributed by atoms with van der Waals surface area (Å²) in [6, 6.07) is 3.01. The van der Waals surface area contributed by atoms with Crippen molar-refractivity contribution in [3.8, 4) is 5.75 Å². The minimum Gasteiger partial charge on any atom is -0.506 e. The largest absolute Gasteiger partial charge is 0.506 e. The molecule has 0 atom stereocenters. The van der Waals surface area contributed by atoms with Gasteiger partial charge in [-0.3, -0.25) is 0 Å². The number of phenolic OH excluding ortho intramolecular Hbond substituents is 1. The number of hydrogen-bond donors (Lipinski definition) is 1. The van der Waals surface area contributed by atoms with Crippen LogP contribution in [0.5, 0.6) is 5.75 Å². The van der Waals surface area contributed by atoms with E-state index in [2.05, 4.69) is 15.3 Å². The van der Waals surface area contributed by atoms with Crippen molar-refractivity contribution in [1.29, 1.82) is 0 Å². The van der Waals surface area contributed by atoms with Gasteiger partial charge < -0.3 is 5.11 Å². The smallest absolute Gasteiger partial charge is 0.143 e. The molecular weight excluding hydrogens is 251 g/mol. The lowest BCUT2D eigenvalue weighted by atomic mass is 10.2. The normalized spacial score (nSPS) is 11.1. The topological polar surface area (TPSA) is 63.3 Å². The zero-order chi connectivity index (χ0) is 11.5. The van der Waals surface area contributed by atoms with Gasteiger partial charge in [0.15, 0.2) is 0 Å². The maximum atomic E-state index is 9.63. The second kappa shape index (κ2) is 4.51. The second-order valence-electron chi connectivity index (χ2n) is 2.91. The quantitative estimate of drug-likeness (QED) is 0.838. The summed E-state index contributed by atoms with van der Waals surface area (Å²) < 4.78 is 1.38. The Morgan fingerprint density at radius 2 is 1.94 bits per heavy atom. The first-order valence-corrected chi connectivity index (χ1v) is 4.99. The third-order valence-electron chi connectivity index (χ3n) is 1.79. The first-order valence-electron chi connectivity index (χ1n) is 4.24. The van der Waals surface area contributed by atoms with E-state index in [1.807, 2.05) is 0 Å². The van der Waals surface area contributed by atoms with E-state index in [1.54, 1.807) is 6.07 Å². The maximum Gasteiger partial charge on any atom is 0.143 e. The zero-order valence-electron chi connectivity index (χ0n) is 7.88. The summed E-state index contributed by atoms with van der Waals surface area (Å²) in [6.07, 6.45) is 4.25. The average molecular weight is 257 g/mol. The highest BCUT2D eigenvalue weighted by Crippen LogP contribution is 2.29. The summed E-state index contributed by atoms with van der Waals surface area (Å²) in [5.41, 5.74) is 0.422. The monoisotopic (exact) mass is 256 g/mol. The van der Waals surface area contributed by atoms with Crippen LogP contribution in [0.2, 0.25) is 10.0 Å². The van der Waals surface area contributed by atoms with Crippen LogP contribution >= 0.6 is 23.2 Å². The highest BCUT2D eigenvalue weighted by Gasteiger charge is 2.05. The number of aromatic hydroxyl groups is 1. The standard InChI is InChI=1S/C9H6Cl2N4O/c10-7-1-6(9(16)8(11)2-7)3-14-15-4-12-13-5-15/h1-5,16H/b14-3+. The summed E-state index contributed by atoms with van der Waals surface area (Å²) in [5, 5.41) is 21.4. The Morgan fingerprint density at radius 1 is 1.25 bits per heavy atom. The Labute approximate surface area is 101 Å². The third kappa shape index (κ3) is 2.32. The van der Waals surface area contributed by atoms with E-state index in [9.17, 15) is 5.11 Å². The third-order valence-corrected chi connectivity index (χ3v) is 2.30. The fourth-order valence-corrected chi connectivity index (χ4v) is 1.58. The number of hydrogen-bond acceptors (Lipinski definition) is 4. The van der Waals surface area contributed by atoms with Crippen molar-refractivity contribution in [1.82, 2.24) is 14.9 Å². The van der Waals surface area contributed by atoms with Crippen molar-refractivity contribution < 1.29 is 5.11 Å². The SMILES string of the molecule is Oc1c(Cl)cc(Cl)cc1/C=N/n1cnnc1. The number of halogens is 2. The predicted octanol–water partition coefficient (Wildman–Crippen LogP) is 2.17. The Bertz CT molecular complexity index is 525. The molecule has 0 bridgehead atoms. The molecule has 0 spiro atoms. The first kappa shape index (κ1) is 10.9. The Hall–Kier alpha value is -1.59. The molecule has 2 aromatic rings. The fraction of sp³-hybridized carbons (Fsp3) is 0. The van der Waals surface area contributed by atoms with Crippen molar-refractivity contribution >= 4 is 29.4 Å². The highest BCUT2D eigenvalue weighted by atomic mass is 35.5. The molecule has 5 nitrogen and oxygen atoms in total. The molecule has 7 heteroatoms. The maximum absolute atomic E-state index is 9.63. The molecule has 0 aliphatic carbocycles. The lowest BCUT2D eigenvalue weighted by Gasteiger charge is -2.01. The molecule has 0 unspecified atom stereocenters. The van der Waals surface area contributed by atoms with Gasteiger partial charge in [0.1, 0.15) is 18.4 Å². The highest BCUT2D eigenvalue weighted by molar-refractivity contribution is 6.36.